The second-order valence-electron chi connectivity index (χ2n) is 3.72. The maximum atomic E-state index is 5.70. The molecular weight excluding hydrogens is 268 g/mol. The number of hydrogen-bond acceptors (Lipinski definition) is 3. The molecule has 2 rings (SSSR count). The van der Waals surface area contributed by atoms with Crippen molar-refractivity contribution in [2.45, 2.75) is 19.5 Å². The summed E-state index contributed by atoms with van der Waals surface area (Å²) < 4.78 is 2.86. The summed E-state index contributed by atoms with van der Waals surface area (Å²) in [6.45, 7) is 2.58. The molecule has 2 aromatic rings. The molecular formula is C11H13BrN4. The van der Waals surface area contributed by atoms with Crippen LogP contribution in [0.1, 0.15) is 24.4 Å². The van der Waals surface area contributed by atoms with Crippen molar-refractivity contribution >= 4 is 15.9 Å². The fourth-order valence-electron chi connectivity index (χ4n) is 1.42. The molecule has 16 heavy (non-hydrogen) atoms. The molecule has 2 N–H and O–H groups in total. The summed E-state index contributed by atoms with van der Waals surface area (Å²) >= 11 is 3.44. The second-order valence-corrected chi connectivity index (χ2v) is 4.63. The van der Waals surface area contributed by atoms with Crippen molar-refractivity contribution in [2.75, 3.05) is 0 Å². The Morgan fingerprint density at radius 3 is 2.94 bits per heavy atom. The van der Waals surface area contributed by atoms with E-state index < -0.39 is 0 Å². The van der Waals surface area contributed by atoms with Crippen LogP contribution in [0.4, 0.5) is 0 Å². The highest BCUT2D eigenvalue weighted by atomic mass is 79.9. The predicted octanol–water partition coefficient (Wildman–Crippen LogP) is 2.11. The zero-order valence-electron chi connectivity index (χ0n) is 8.97. The van der Waals surface area contributed by atoms with Gasteiger partial charge in [-0.05, 0) is 24.6 Å². The summed E-state index contributed by atoms with van der Waals surface area (Å²) in [5.74, 6) is 0.676. The second kappa shape index (κ2) is 4.76. The summed E-state index contributed by atoms with van der Waals surface area (Å²) in [5, 5.41) is 4.30. The van der Waals surface area contributed by atoms with Gasteiger partial charge in [0.25, 0.3) is 0 Å². The molecule has 4 nitrogen and oxygen atoms in total. The highest BCUT2D eigenvalue weighted by Gasteiger charge is 2.05. The van der Waals surface area contributed by atoms with E-state index in [-0.39, 0.29) is 6.04 Å². The molecule has 1 aromatic carbocycles. The number of rotatable bonds is 3. The third-order valence-corrected chi connectivity index (χ3v) is 2.69. The predicted molar refractivity (Wildman–Crippen MR) is 65.9 cm³/mol. The first kappa shape index (κ1) is 11.3. The van der Waals surface area contributed by atoms with Gasteiger partial charge in [0, 0.05) is 4.47 Å². The third kappa shape index (κ3) is 2.68. The van der Waals surface area contributed by atoms with Crippen molar-refractivity contribution in [3.63, 3.8) is 0 Å². The number of halogens is 1. The third-order valence-electron chi connectivity index (χ3n) is 2.20. The first-order valence-corrected chi connectivity index (χ1v) is 5.84. The number of benzene rings is 1. The Morgan fingerprint density at radius 2 is 2.31 bits per heavy atom. The van der Waals surface area contributed by atoms with Crippen LogP contribution < -0.4 is 5.73 Å². The fraction of sp³-hybridized carbons (Fsp3) is 0.273. The molecule has 0 fully saturated rings. The molecule has 0 aliphatic carbocycles. The van der Waals surface area contributed by atoms with Crippen LogP contribution in [0.2, 0.25) is 0 Å². The summed E-state index contributed by atoms with van der Waals surface area (Å²) in [5.41, 5.74) is 6.88. The molecule has 5 heteroatoms. The summed E-state index contributed by atoms with van der Waals surface area (Å²) in [4.78, 5) is 4.15. The standard InChI is InChI=1S/C11H13BrN4/c1-8(13)11-14-7-16(15-11)6-9-3-2-4-10(12)5-9/h2-5,7-8H,6,13H2,1H3. The Kier molecular flexibility index (Phi) is 3.36. The monoisotopic (exact) mass is 280 g/mol. The molecule has 1 unspecified atom stereocenters. The average Bonchev–Trinajstić information content (AvgIpc) is 2.66. The van der Waals surface area contributed by atoms with E-state index in [0.717, 1.165) is 4.47 Å². The fourth-order valence-corrected chi connectivity index (χ4v) is 1.86. The molecule has 0 saturated heterocycles. The van der Waals surface area contributed by atoms with E-state index in [9.17, 15) is 0 Å². The first-order valence-electron chi connectivity index (χ1n) is 5.04. The van der Waals surface area contributed by atoms with E-state index in [1.807, 2.05) is 19.1 Å². The summed E-state index contributed by atoms with van der Waals surface area (Å²) in [6.07, 6.45) is 1.71. The van der Waals surface area contributed by atoms with Crippen molar-refractivity contribution in [2.24, 2.45) is 5.73 Å². The van der Waals surface area contributed by atoms with E-state index >= 15 is 0 Å². The lowest BCUT2D eigenvalue weighted by atomic mass is 10.2. The van der Waals surface area contributed by atoms with Crippen LogP contribution in [0.5, 0.6) is 0 Å². The van der Waals surface area contributed by atoms with E-state index in [4.69, 9.17) is 5.73 Å². The number of hydrogen-bond donors (Lipinski definition) is 1. The quantitative estimate of drug-likeness (QED) is 0.937. The average molecular weight is 281 g/mol. The Morgan fingerprint density at radius 1 is 1.50 bits per heavy atom. The molecule has 0 amide bonds. The lowest BCUT2D eigenvalue weighted by Gasteiger charge is -2.02. The van der Waals surface area contributed by atoms with Crippen LogP contribution in [0, 0.1) is 0 Å². The summed E-state index contributed by atoms with van der Waals surface area (Å²) in [7, 11) is 0. The molecule has 1 heterocycles. The Labute approximate surface area is 103 Å². The van der Waals surface area contributed by atoms with Gasteiger partial charge in [0.1, 0.15) is 6.33 Å². The van der Waals surface area contributed by atoms with Gasteiger partial charge in [0.15, 0.2) is 5.82 Å². The van der Waals surface area contributed by atoms with Gasteiger partial charge < -0.3 is 5.73 Å². The minimum absolute atomic E-state index is 0.122. The lowest BCUT2D eigenvalue weighted by Crippen LogP contribution is -2.08. The van der Waals surface area contributed by atoms with E-state index in [1.165, 1.54) is 5.56 Å². The van der Waals surface area contributed by atoms with E-state index in [2.05, 4.69) is 38.1 Å². The van der Waals surface area contributed by atoms with Crippen LogP contribution in [-0.4, -0.2) is 14.8 Å². The molecule has 0 bridgehead atoms. The van der Waals surface area contributed by atoms with Gasteiger partial charge in [-0.1, -0.05) is 28.1 Å². The van der Waals surface area contributed by atoms with E-state index in [1.54, 1.807) is 11.0 Å². The molecule has 0 spiro atoms. The Hall–Kier alpha value is -1.20. The molecule has 0 aliphatic heterocycles. The normalized spacial score (nSPS) is 12.7. The smallest absolute Gasteiger partial charge is 0.166 e. The van der Waals surface area contributed by atoms with Crippen molar-refractivity contribution in [1.29, 1.82) is 0 Å². The SMILES string of the molecule is CC(N)c1ncn(Cc2cccc(Br)c2)n1. The van der Waals surface area contributed by atoms with Gasteiger partial charge in [0.05, 0.1) is 12.6 Å². The minimum atomic E-state index is -0.122. The van der Waals surface area contributed by atoms with Gasteiger partial charge in [-0.25, -0.2) is 9.67 Å². The lowest BCUT2D eigenvalue weighted by molar-refractivity contribution is 0.649. The van der Waals surface area contributed by atoms with Gasteiger partial charge >= 0.3 is 0 Å². The first-order chi connectivity index (χ1) is 7.65. The molecule has 1 atom stereocenters. The largest absolute Gasteiger partial charge is 0.321 e. The topological polar surface area (TPSA) is 56.7 Å². The molecule has 1 aromatic heterocycles. The Bertz CT molecular complexity index is 478. The molecule has 84 valence electrons. The number of nitrogens with zero attached hydrogens (tertiary/aromatic N) is 3. The van der Waals surface area contributed by atoms with Gasteiger partial charge in [-0.15, -0.1) is 0 Å². The number of aromatic nitrogens is 3. The van der Waals surface area contributed by atoms with Crippen LogP contribution in [0.3, 0.4) is 0 Å². The van der Waals surface area contributed by atoms with Gasteiger partial charge in [-0.2, -0.15) is 5.10 Å². The number of nitrogens with two attached hydrogens (primary N) is 1. The van der Waals surface area contributed by atoms with Crippen molar-refractivity contribution in [3.8, 4) is 0 Å². The zero-order chi connectivity index (χ0) is 11.5. The summed E-state index contributed by atoms with van der Waals surface area (Å²) in [6, 6.07) is 8.00. The molecule has 0 aliphatic rings. The van der Waals surface area contributed by atoms with Crippen molar-refractivity contribution < 1.29 is 0 Å². The minimum Gasteiger partial charge on any atom is -0.321 e. The highest BCUT2D eigenvalue weighted by molar-refractivity contribution is 9.10. The van der Waals surface area contributed by atoms with Gasteiger partial charge in [0.2, 0.25) is 0 Å². The molecule has 0 saturated carbocycles. The van der Waals surface area contributed by atoms with Crippen LogP contribution in [-0.2, 0) is 6.54 Å². The van der Waals surface area contributed by atoms with Crippen LogP contribution in [0.15, 0.2) is 35.1 Å². The zero-order valence-corrected chi connectivity index (χ0v) is 10.6. The van der Waals surface area contributed by atoms with Crippen molar-refractivity contribution in [3.05, 3.63) is 46.5 Å². The van der Waals surface area contributed by atoms with Crippen LogP contribution >= 0.6 is 15.9 Å². The highest BCUT2D eigenvalue weighted by Crippen LogP contribution is 2.12. The van der Waals surface area contributed by atoms with E-state index in [0.29, 0.717) is 12.4 Å². The Balaban J connectivity index is 2.14. The van der Waals surface area contributed by atoms with Gasteiger partial charge in [-0.3, -0.25) is 0 Å². The van der Waals surface area contributed by atoms with Crippen LogP contribution in [0.25, 0.3) is 0 Å². The maximum Gasteiger partial charge on any atom is 0.166 e. The maximum absolute atomic E-state index is 5.70. The molecule has 0 radical (unpaired) electrons. The van der Waals surface area contributed by atoms with Crippen molar-refractivity contribution in [1.82, 2.24) is 14.8 Å².